The van der Waals surface area contributed by atoms with Crippen LogP contribution in [-0.4, -0.2) is 20.6 Å². The van der Waals surface area contributed by atoms with Crippen molar-refractivity contribution < 1.29 is 0 Å². The van der Waals surface area contributed by atoms with Crippen LogP contribution in [0.1, 0.15) is 45.9 Å². The summed E-state index contributed by atoms with van der Waals surface area (Å²) in [6, 6.07) is 0. The summed E-state index contributed by atoms with van der Waals surface area (Å²) in [5.74, 6) is 2.31. The smallest absolute Gasteiger partial charge is 0.194 e. The number of H-pyrrole nitrogens is 1. The van der Waals surface area contributed by atoms with E-state index in [1.807, 2.05) is 0 Å². The van der Waals surface area contributed by atoms with Crippen molar-refractivity contribution in [3.8, 4) is 0 Å². The van der Waals surface area contributed by atoms with Crippen molar-refractivity contribution in [1.29, 1.82) is 0 Å². The molecule has 1 aliphatic rings. The van der Waals surface area contributed by atoms with Crippen LogP contribution < -0.4 is 5.73 Å². The molecule has 1 saturated carbocycles. The summed E-state index contributed by atoms with van der Waals surface area (Å²) in [4.78, 5) is 0. The van der Waals surface area contributed by atoms with E-state index in [4.69, 9.17) is 5.73 Å². The first kappa shape index (κ1) is 11.5. The van der Waals surface area contributed by atoms with Crippen LogP contribution in [0.15, 0.2) is 0 Å². The molecular weight excluding hydrogens is 202 g/mol. The summed E-state index contributed by atoms with van der Waals surface area (Å²) < 4.78 is 0. The molecule has 0 bridgehead atoms. The third-order valence-corrected chi connectivity index (χ3v) is 3.88. The van der Waals surface area contributed by atoms with Crippen LogP contribution in [0.2, 0.25) is 0 Å². The van der Waals surface area contributed by atoms with Crippen LogP contribution in [0.25, 0.3) is 0 Å². The SMILES string of the molecule is CC1CCC(C(C)C)C(N)(c2nn[nH]n2)C1. The molecule has 1 heterocycles. The topological polar surface area (TPSA) is 80.5 Å². The van der Waals surface area contributed by atoms with E-state index in [9.17, 15) is 0 Å². The minimum absolute atomic E-state index is 0.404. The molecule has 90 valence electrons. The molecule has 5 heteroatoms. The van der Waals surface area contributed by atoms with Crippen molar-refractivity contribution in [2.75, 3.05) is 0 Å². The molecule has 2 rings (SSSR count). The Bertz CT molecular complexity index is 334. The number of aromatic amines is 1. The van der Waals surface area contributed by atoms with Gasteiger partial charge in [-0.25, -0.2) is 0 Å². The van der Waals surface area contributed by atoms with E-state index in [2.05, 4.69) is 41.4 Å². The Balaban J connectivity index is 2.32. The predicted molar refractivity (Wildman–Crippen MR) is 61.4 cm³/mol. The van der Waals surface area contributed by atoms with Gasteiger partial charge in [-0.15, -0.1) is 10.2 Å². The van der Waals surface area contributed by atoms with Gasteiger partial charge in [-0.3, -0.25) is 0 Å². The minimum atomic E-state index is -0.404. The van der Waals surface area contributed by atoms with Crippen LogP contribution in [0.4, 0.5) is 0 Å². The van der Waals surface area contributed by atoms with E-state index < -0.39 is 5.54 Å². The van der Waals surface area contributed by atoms with E-state index in [1.54, 1.807) is 0 Å². The maximum absolute atomic E-state index is 6.58. The number of nitrogens with one attached hydrogen (secondary N) is 1. The molecule has 16 heavy (non-hydrogen) atoms. The zero-order valence-corrected chi connectivity index (χ0v) is 10.3. The summed E-state index contributed by atoms with van der Waals surface area (Å²) in [5.41, 5.74) is 6.17. The summed E-state index contributed by atoms with van der Waals surface area (Å²) in [7, 11) is 0. The number of hydrogen-bond acceptors (Lipinski definition) is 4. The molecule has 0 aliphatic heterocycles. The number of rotatable bonds is 2. The lowest BCUT2D eigenvalue weighted by molar-refractivity contribution is 0.101. The highest BCUT2D eigenvalue weighted by molar-refractivity contribution is 5.08. The second-order valence-electron chi connectivity index (χ2n) is 5.51. The van der Waals surface area contributed by atoms with Gasteiger partial charge in [-0.05, 0) is 30.6 Å². The van der Waals surface area contributed by atoms with E-state index in [0.29, 0.717) is 23.6 Å². The quantitative estimate of drug-likeness (QED) is 0.795. The molecule has 1 aromatic heterocycles. The predicted octanol–water partition coefficient (Wildman–Crippen LogP) is 1.45. The van der Waals surface area contributed by atoms with Gasteiger partial charge in [0.25, 0.3) is 0 Å². The summed E-state index contributed by atoms with van der Waals surface area (Å²) in [6.07, 6.45) is 3.36. The van der Waals surface area contributed by atoms with Gasteiger partial charge in [0.15, 0.2) is 5.82 Å². The van der Waals surface area contributed by atoms with Crippen LogP contribution in [0, 0.1) is 17.8 Å². The fourth-order valence-corrected chi connectivity index (χ4v) is 3.10. The molecule has 0 aromatic carbocycles. The molecule has 1 aliphatic carbocycles. The molecule has 0 radical (unpaired) electrons. The molecule has 1 aromatic rings. The lowest BCUT2D eigenvalue weighted by atomic mass is 9.65. The van der Waals surface area contributed by atoms with E-state index in [-0.39, 0.29) is 0 Å². The highest BCUT2D eigenvalue weighted by atomic mass is 15.5. The van der Waals surface area contributed by atoms with Crippen LogP contribution >= 0.6 is 0 Å². The van der Waals surface area contributed by atoms with E-state index in [1.165, 1.54) is 6.42 Å². The fraction of sp³-hybridized carbons (Fsp3) is 0.909. The largest absolute Gasteiger partial charge is 0.318 e. The van der Waals surface area contributed by atoms with Gasteiger partial charge in [-0.1, -0.05) is 32.4 Å². The summed E-state index contributed by atoms with van der Waals surface area (Å²) in [6.45, 7) is 6.70. The zero-order valence-electron chi connectivity index (χ0n) is 10.3. The van der Waals surface area contributed by atoms with Crippen molar-refractivity contribution in [2.24, 2.45) is 23.5 Å². The Kier molecular flexibility index (Phi) is 2.97. The molecule has 0 amide bonds. The van der Waals surface area contributed by atoms with Gasteiger partial charge >= 0.3 is 0 Å². The molecule has 0 spiro atoms. The first-order valence-electron chi connectivity index (χ1n) is 6.07. The van der Waals surface area contributed by atoms with Crippen molar-refractivity contribution >= 4 is 0 Å². The Labute approximate surface area is 96.2 Å². The van der Waals surface area contributed by atoms with E-state index in [0.717, 1.165) is 12.8 Å². The molecule has 3 atom stereocenters. The van der Waals surface area contributed by atoms with Crippen molar-refractivity contribution in [3.05, 3.63) is 5.82 Å². The van der Waals surface area contributed by atoms with Gasteiger partial charge in [0.05, 0.1) is 5.54 Å². The van der Waals surface area contributed by atoms with Gasteiger partial charge in [-0.2, -0.15) is 5.21 Å². The van der Waals surface area contributed by atoms with Crippen molar-refractivity contribution in [3.63, 3.8) is 0 Å². The Hall–Kier alpha value is -0.970. The van der Waals surface area contributed by atoms with Crippen LogP contribution in [-0.2, 0) is 5.54 Å². The lowest BCUT2D eigenvalue weighted by Gasteiger charge is -2.43. The Morgan fingerprint density at radius 2 is 2.19 bits per heavy atom. The van der Waals surface area contributed by atoms with E-state index >= 15 is 0 Å². The second kappa shape index (κ2) is 4.13. The Morgan fingerprint density at radius 3 is 2.75 bits per heavy atom. The second-order valence-corrected chi connectivity index (χ2v) is 5.51. The van der Waals surface area contributed by atoms with Crippen molar-refractivity contribution in [1.82, 2.24) is 20.6 Å². The van der Waals surface area contributed by atoms with Gasteiger partial charge in [0.1, 0.15) is 0 Å². The minimum Gasteiger partial charge on any atom is -0.318 e. The number of nitrogens with two attached hydrogens (primary N) is 1. The molecule has 5 nitrogen and oxygen atoms in total. The average Bonchev–Trinajstić information content (AvgIpc) is 2.69. The number of aromatic nitrogens is 4. The van der Waals surface area contributed by atoms with Crippen LogP contribution in [0.5, 0.6) is 0 Å². The highest BCUT2D eigenvalue weighted by Gasteiger charge is 2.45. The highest BCUT2D eigenvalue weighted by Crippen LogP contribution is 2.43. The number of hydrogen-bond donors (Lipinski definition) is 2. The normalized spacial score (nSPS) is 35.6. The Morgan fingerprint density at radius 1 is 1.44 bits per heavy atom. The monoisotopic (exact) mass is 223 g/mol. The maximum Gasteiger partial charge on any atom is 0.194 e. The van der Waals surface area contributed by atoms with Crippen molar-refractivity contribution in [2.45, 2.75) is 45.6 Å². The maximum atomic E-state index is 6.58. The molecule has 3 N–H and O–H groups in total. The molecular formula is C11H21N5. The number of nitrogens with zero attached hydrogens (tertiary/aromatic N) is 3. The van der Waals surface area contributed by atoms with Gasteiger partial charge in [0.2, 0.25) is 0 Å². The third-order valence-electron chi connectivity index (χ3n) is 3.88. The first-order valence-corrected chi connectivity index (χ1v) is 6.07. The third kappa shape index (κ3) is 1.84. The first-order chi connectivity index (χ1) is 7.54. The van der Waals surface area contributed by atoms with Crippen LogP contribution in [0.3, 0.4) is 0 Å². The lowest BCUT2D eigenvalue weighted by Crippen LogP contribution is -2.51. The zero-order chi connectivity index (χ0) is 11.8. The number of tetrazole rings is 1. The standard InChI is InChI=1S/C11H21N5/c1-7(2)9-5-4-8(3)6-11(9,12)10-13-15-16-14-10/h7-9H,4-6,12H2,1-3H3,(H,13,14,15,16). The summed E-state index contributed by atoms with van der Waals surface area (Å²) in [5, 5.41) is 14.4. The fourth-order valence-electron chi connectivity index (χ4n) is 3.10. The molecule has 1 fully saturated rings. The summed E-state index contributed by atoms with van der Waals surface area (Å²) >= 11 is 0. The van der Waals surface area contributed by atoms with Gasteiger partial charge in [0, 0.05) is 0 Å². The average molecular weight is 223 g/mol. The molecule has 0 saturated heterocycles. The molecule has 3 unspecified atom stereocenters. The van der Waals surface area contributed by atoms with Gasteiger partial charge < -0.3 is 5.73 Å².